The fourth-order valence-electron chi connectivity index (χ4n) is 3.06. The Hall–Kier alpha value is -2.30. The molecule has 104 valence electrons. The van der Waals surface area contributed by atoms with Gasteiger partial charge in [0.25, 0.3) is 0 Å². The molecule has 0 atom stereocenters. The van der Waals surface area contributed by atoms with E-state index in [1.807, 2.05) is 47.2 Å². The third-order valence-electron chi connectivity index (χ3n) is 4.16. The smallest absolute Gasteiger partial charge is 0.194 e. The number of rotatable bonds is 0. The largest absolute Gasteiger partial charge is 0.289 e. The van der Waals surface area contributed by atoms with Crippen molar-refractivity contribution in [2.75, 3.05) is 0 Å². The van der Waals surface area contributed by atoms with Gasteiger partial charge in [-0.2, -0.15) is 0 Å². The van der Waals surface area contributed by atoms with Gasteiger partial charge in [0.15, 0.2) is 11.6 Å². The lowest BCUT2D eigenvalue weighted by Gasteiger charge is -2.17. The Bertz CT molecular complexity index is 945. The Labute approximate surface area is 133 Å². The minimum Gasteiger partial charge on any atom is -0.289 e. The predicted molar refractivity (Wildman–Crippen MR) is 90.5 cm³/mol. The van der Waals surface area contributed by atoms with Crippen LogP contribution < -0.4 is 0 Å². The van der Waals surface area contributed by atoms with Crippen LogP contribution in [0.3, 0.4) is 0 Å². The van der Waals surface area contributed by atoms with Gasteiger partial charge in [-0.25, -0.2) is 0 Å². The standard InChI is InChI=1S/C18H8O2S2/c19-17-11-5-9-1-3-21-15(9)7-13(11)18(20)12-6-10-2-4-22-16(10)8-14(12)17/h1-8H. The summed E-state index contributed by atoms with van der Waals surface area (Å²) in [5.74, 6) is -0.0963. The summed E-state index contributed by atoms with van der Waals surface area (Å²) >= 11 is 3.17. The van der Waals surface area contributed by atoms with E-state index in [0.29, 0.717) is 22.3 Å². The molecule has 2 nitrogen and oxygen atoms in total. The fraction of sp³-hybridized carbons (Fsp3) is 0. The molecular weight excluding hydrogens is 312 g/mol. The molecule has 0 aliphatic heterocycles. The first-order chi connectivity index (χ1) is 10.7. The Morgan fingerprint density at radius 2 is 1.00 bits per heavy atom. The molecule has 2 aromatic heterocycles. The van der Waals surface area contributed by atoms with Crippen LogP contribution in [0.5, 0.6) is 0 Å². The summed E-state index contributed by atoms with van der Waals surface area (Å²) in [6, 6.07) is 11.4. The van der Waals surface area contributed by atoms with E-state index in [4.69, 9.17) is 0 Å². The van der Waals surface area contributed by atoms with Crippen molar-refractivity contribution < 1.29 is 9.59 Å². The van der Waals surface area contributed by atoms with Gasteiger partial charge in [0.1, 0.15) is 0 Å². The molecule has 0 N–H and O–H groups in total. The SMILES string of the molecule is O=C1c2cc3ccsc3cc2C(=O)c2cc3ccsc3cc21. The van der Waals surface area contributed by atoms with E-state index >= 15 is 0 Å². The van der Waals surface area contributed by atoms with Crippen molar-refractivity contribution in [2.45, 2.75) is 0 Å². The van der Waals surface area contributed by atoms with Crippen molar-refractivity contribution in [3.05, 3.63) is 69.4 Å². The number of hydrogen-bond acceptors (Lipinski definition) is 4. The molecule has 5 rings (SSSR count). The van der Waals surface area contributed by atoms with Crippen LogP contribution in [-0.2, 0) is 0 Å². The van der Waals surface area contributed by atoms with Gasteiger partial charge >= 0.3 is 0 Å². The number of thiophene rings is 2. The lowest BCUT2D eigenvalue weighted by Crippen LogP contribution is -2.20. The van der Waals surface area contributed by atoms with Gasteiger partial charge in [0, 0.05) is 31.7 Å². The monoisotopic (exact) mass is 320 g/mol. The summed E-state index contributed by atoms with van der Waals surface area (Å²) in [5.41, 5.74) is 2.11. The van der Waals surface area contributed by atoms with Gasteiger partial charge in [-0.1, -0.05) is 0 Å². The highest BCUT2D eigenvalue weighted by molar-refractivity contribution is 7.17. The van der Waals surface area contributed by atoms with E-state index in [2.05, 4.69) is 0 Å². The van der Waals surface area contributed by atoms with Crippen molar-refractivity contribution in [2.24, 2.45) is 0 Å². The molecule has 2 heterocycles. The summed E-state index contributed by atoms with van der Waals surface area (Å²) in [4.78, 5) is 25.7. The molecule has 0 saturated heterocycles. The molecule has 0 unspecified atom stereocenters. The van der Waals surface area contributed by atoms with E-state index in [1.54, 1.807) is 22.7 Å². The van der Waals surface area contributed by atoms with Crippen LogP contribution in [0.2, 0.25) is 0 Å². The number of hydrogen-bond donors (Lipinski definition) is 0. The van der Waals surface area contributed by atoms with E-state index in [0.717, 1.165) is 20.2 Å². The van der Waals surface area contributed by atoms with Gasteiger partial charge in [-0.15, -0.1) is 22.7 Å². The first-order valence-corrected chi connectivity index (χ1v) is 8.60. The van der Waals surface area contributed by atoms with Crippen LogP contribution in [0.15, 0.2) is 47.2 Å². The van der Waals surface area contributed by atoms with Crippen molar-refractivity contribution in [1.29, 1.82) is 0 Å². The number of benzene rings is 2. The second-order valence-corrected chi connectivity index (χ2v) is 7.27. The van der Waals surface area contributed by atoms with Crippen molar-refractivity contribution in [3.8, 4) is 0 Å². The summed E-state index contributed by atoms with van der Waals surface area (Å²) in [6.07, 6.45) is 0. The van der Waals surface area contributed by atoms with Gasteiger partial charge in [0.2, 0.25) is 0 Å². The Balaban J connectivity index is 1.87. The summed E-state index contributed by atoms with van der Waals surface area (Å²) in [6.45, 7) is 0. The number of carbonyl (C=O) groups excluding carboxylic acids is 2. The van der Waals surface area contributed by atoms with Crippen LogP contribution in [0.25, 0.3) is 20.2 Å². The molecule has 22 heavy (non-hydrogen) atoms. The maximum Gasteiger partial charge on any atom is 0.194 e. The number of fused-ring (bicyclic) bond motifs is 4. The van der Waals surface area contributed by atoms with Crippen LogP contribution in [0.1, 0.15) is 31.8 Å². The molecule has 1 aliphatic carbocycles. The quantitative estimate of drug-likeness (QED) is 0.407. The molecule has 0 saturated carbocycles. The van der Waals surface area contributed by atoms with Crippen molar-refractivity contribution >= 4 is 54.4 Å². The Morgan fingerprint density at radius 1 is 0.591 bits per heavy atom. The average molecular weight is 320 g/mol. The van der Waals surface area contributed by atoms with E-state index in [-0.39, 0.29) is 11.6 Å². The normalized spacial score (nSPS) is 13.6. The average Bonchev–Trinajstić information content (AvgIpc) is 3.17. The molecule has 0 radical (unpaired) electrons. The molecule has 0 amide bonds. The first kappa shape index (κ1) is 12.3. The predicted octanol–water partition coefficient (Wildman–Crippen LogP) is 4.89. The number of ketones is 2. The van der Waals surface area contributed by atoms with Crippen LogP contribution >= 0.6 is 22.7 Å². The molecule has 2 aromatic carbocycles. The van der Waals surface area contributed by atoms with Crippen LogP contribution in [0, 0.1) is 0 Å². The topological polar surface area (TPSA) is 34.1 Å². The zero-order chi connectivity index (χ0) is 14.8. The highest BCUT2D eigenvalue weighted by Gasteiger charge is 2.30. The maximum atomic E-state index is 12.8. The molecule has 4 aromatic rings. The van der Waals surface area contributed by atoms with Gasteiger partial charge in [-0.05, 0) is 57.9 Å². The Kier molecular flexibility index (Phi) is 2.30. The third-order valence-corrected chi connectivity index (χ3v) is 5.92. The molecule has 1 aliphatic rings. The zero-order valence-corrected chi connectivity index (χ0v) is 12.9. The second kappa shape index (κ2) is 4.12. The minimum atomic E-state index is -0.0481. The van der Waals surface area contributed by atoms with Gasteiger partial charge < -0.3 is 0 Å². The van der Waals surface area contributed by atoms with Crippen molar-refractivity contribution in [1.82, 2.24) is 0 Å². The second-order valence-electron chi connectivity index (χ2n) is 5.37. The number of carbonyl (C=O) groups is 2. The van der Waals surface area contributed by atoms with Gasteiger partial charge in [0.05, 0.1) is 0 Å². The summed E-state index contributed by atoms with van der Waals surface area (Å²) in [7, 11) is 0. The lowest BCUT2D eigenvalue weighted by atomic mass is 9.83. The highest BCUT2D eigenvalue weighted by atomic mass is 32.1. The Morgan fingerprint density at radius 3 is 1.45 bits per heavy atom. The molecule has 0 fully saturated rings. The molecule has 4 heteroatoms. The highest BCUT2D eigenvalue weighted by Crippen LogP contribution is 2.35. The summed E-state index contributed by atoms with van der Waals surface area (Å²) in [5, 5.41) is 6.00. The third kappa shape index (κ3) is 1.48. The van der Waals surface area contributed by atoms with E-state index in [9.17, 15) is 9.59 Å². The fourth-order valence-corrected chi connectivity index (χ4v) is 4.68. The van der Waals surface area contributed by atoms with E-state index < -0.39 is 0 Å². The lowest BCUT2D eigenvalue weighted by molar-refractivity contribution is 0.0979. The van der Waals surface area contributed by atoms with Crippen LogP contribution in [0.4, 0.5) is 0 Å². The first-order valence-electron chi connectivity index (χ1n) is 6.84. The van der Waals surface area contributed by atoms with Crippen LogP contribution in [-0.4, -0.2) is 11.6 Å². The van der Waals surface area contributed by atoms with Gasteiger partial charge in [-0.3, -0.25) is 9.59 Å². The molecular formula is C18H8O2S2. The van der Waals surface area contributed by atoms with Crippen molar-refractivity contribution in [3.63, 3.8) is 0 Å². The van der Waals surface area contributed by atoms with E-state index in [1.165, 1.54) is 0 Å². The zero-order valence-electron chi connectivity index (χ0n) is 11.3. The molecule has 0 bridgehead atoms. The summed E-state index contributed by atoms with van der Waals surface area (Å²) < 4.78 is 2.08. The minimum absolute atomic E-state index is 0.0481. The maximum absolute atomic E-state index is 12.8. The molecule has 0 spiro atoms.